The van der Waals surface area contributed by atoms with Gasteiger partial charge < -0.3 is 9.09 Å². The highest BCUT2D eigenvalue weighted by molar-refractivity contribution is 6.20. The summed E-state index contributed by atoms with van der Waals surface area (Å²) < 4.78 is 7.09. The van der Waals surface area contributed by atoms with Crippen molar-refractivity contribution in [2.24, 2.45) is 0 Å². The summed E-state index contributed by atoms with van der Waals surface area (Å²) in [5.74, 6) is 1.46. The maximum Gasteiger partial charge on any atom is 0.156 e. The summed E-state index contributed by atoms with van der Waals surface area (Å²) in [4.78, 5) is 4.53. The van der Waals surface area contributed by atoms with Gasteiger partial charge in [-0.15, -0.1) is 11.6 Å². The number of hydrogen-bond donors (Lipinski definition) is 0. The quantitative estimate of drug-likeness (QED) is 0.693. The Morgan fingerprint density at radius 2 is 2.30 bits per heavy atom. The summed E-state index contributed by atoms with van der Waals surface area (Å²) in [6.45, 7) is 2.35. The van der Waals surface area contributed by atoms with Crippen LogP contribution in [0, 0.1) is 11.3 Å². The van der Waals surface area contributed by atoms with Gasteiger partial charge in [-0.3, -0.25) is 0 Å². The van der Waals surface area contributed by atoms with Gasteiger partial charge in [0, 0.05) is 6.07 Å². The van der Waals surface area contributed by atoms with Crippen molar-refractivity contribution in [3.63, 3.8) is 0 Å². The van der Waals surface area contributed by atoms with E-state index in [1.807, 2.05) is 23.6 Å². The minimum absolute atomic E-state index is 0.240. The molecule has 0 saturated heterocycles. The molecular weight excluding hydrogens is 276 g/mol. The van der Waals surface area contributed by atoms with Crippen molar-refractivity contribution in [3.05, 3.63) is 47.6 Å². The zero-order valence-electron chi connectivity index (χ0n) is 10.7. The molecule has 0 aliphatic carbocycles. The molecule has 1 unspecified atom stereocenters. The van der Waals surface area contributed by atoms with E-state index in [4.69, 9.17) is 21.4 Å². The van der Waals surface area contributed by atoms with Crippen LogP contribution in [0.2, 0.25) is 0 Å². The maximum atomic E-state index is 9.03. The van der Waals surface area contributed by atoms with Gasteiger partial charge in [0.1, 0.15) is 5.82 Å². The lowest BCUT2D eigenvalue weighted by Crippen LogP contribution is -2.05. The lowest BCUT2D eigenvalue weighted by Gasteiger charge is -2.08. The molecule has 2 aromatic heterocycles. The number of hydrogen-bond acceptors (Lipinski definition) is 4. The number of nitrogens with zero attached hydrogens (tertiary/aromatic N) is 4. The molecule has 6 heteroatoms. The third kappa shape index (κ3) is 2.15. The van der Waals surface area contributed by atoms with Gasteiger partial charge in [0.05, 0.1) is 40.8 Å². The van der Waals surface area contributed by atoms with Gasteiger partial charge in [0.2, 0.25) is 0 Å². The smallest absolute Gasteiger partial charge is 0.156 e. The number of aromatic nitrogens is 3. The summed E-state index contributed by atoms with van der Waals surface area (Å²) in [6.07, 6.45) is 1.60. The highest BCUT2D eigenvalue weighted by atomic mass is 35.5. The molecule has 0 fully saturated rings. The summed E-state index contributed by atoms with van der Waals surface area (Å²) in [6, 6.07) is 9.31. The standard InChI is InChI=1S/C14H11ClN4O/c1-9(15)14-18-12-3-2-10(7-16)6-13(12)19(14)8-11-4-5-17-20-11/h2-6,9H,8H2,1H3. The Labute approximate surface area is 120 Å². The normalized spacial score (nSPS) is 12.4. The average Bonchev–Trinajstić information content (AvgIpc) is 3.07. The Bertz CT molecular complexity index is 783. The van der Waals surface area contributed by atoms with Crippen molar-refractivity contribution < 1.29 is 4.52 Å². The molecule has 0 aliphatic heterocycles. The average molecular weight is 287 g/mol. The van der Waals surface area contributed by atoms with Crippen LogP contribution in [0.3, 0.4) is 0 Å². The largest absolute Gasteiger partial charge is 0.359 e. The second kappa shape index (κ2) is 4.99. The number of halogens is 1. The molecule has 2 heterocycles. The monoisotopic (exact) mass is 286 g/mol. The van der Waals surface area contributed by atoms with Crippen LogP contribution in [0.1, 0.15) is 29.4 Å². The first-order chi connectivity index (χ1) is 9.69. The zero-order chi connectivity index (χ0) is 14.1. The molecule has 5 nitrogen and oxygen atoms in total. The summed E-state index contributed by atoms with van der Waals surface area (Å²) in [5, 5.41) is 12.5. The molecule has 0 bridgehead atoms. The van der Waals surface area contributed by atoms with Crippen molar-refractivity contribution in [3.8, 4) is 6.07 Å². The van der Waals surface area contributed by atoms with E-state index in [-0.39, 0.29) is 5.38 Å². The Morgan fingerprint density at radius 3 is 2.95 bits per heavy atom. The second-order valence-corrected chi connectivity index (χ2v) is 5.12. The van der Waals surface area contributed by atoms with Gasteiger partial charge in [0.25, 0.3) is 0 Å². The van der Waals surface area contributed by atoms with E-state index in [0.717, 1.165) is 16.9 Å². The number of alkyl halides is 1. The third-order valence-electron chi connectivity index (χ3n) is 3.07. The summed E-state index contributed by atoms with van der Waals surface area (Å²) >= 11 is 6.20. The fourth-order valence-electron chi connectivity index (χ4n) is 2.16. The van der Waals surface area contributed by atoms with E-state index < -0.39 is 0 Å². The molecule has 0 N–H and O–H groups in total. The highest BCUT2D eigenvalue weighted by Gasteiger charge is 2.16. The van der Waals surface area contributed by atoms with Gasteiger partial charge in [0.15, 0.2) is 5.76 Å². The Hall–Kier alpha value is -2.32. The van der Waals surface area contributed by atoms with Crippen LogP contribution in [-0.4, -0.2) is 14.7 Å². The summed E-state index contributed by atoms with van der Waals surface area (Å²) in [7, 11) is 0. The van der Waals surface area contributed by atoms with Gasteiger partial charge in [-0.25, -0.2) is 4.98 Å². The van der Waals surface area contributed by atoms with Gasteiger partial charge in [-0.05, 0) is 25.1 Å². The van der Waals surface area contributed by atoms with Crippen LogP contribution in [-0.2, 0) is 6.54 Å². The molecule has 20 heavy (non-hydrogen) atoms. The van der Waals surface area contributed by atoms with Crippen molar-refractivity contribution in [2.45, 2.75) is 18.8 Å². The Kier molecular flexibility index (Phi) is 3.17. The van der Waals surface area contributed by atoms with Crippen LogP contribution < -0.4 is 0 Å². The predicted octanol–water partition coefficient (Wildman–Crippen LogP) is 3.24. The molecule has 0 spiro atoms. The summed E-state index contributed by atoms with van der Waals surface area (Å²) in [5.41, 5.74) is 2.26. The minimum atomic E-state index is -0.240. The van der Waals surface area contributed by atoms with Crippen molar-refractivity contribution >= 4 is 22.6 Å². The van der Waals surface area contributed by atoms with E-state index in [1.165, 1.54) is 0 Å². The second-order valence-electron chi connectivity index (χ2n) is 4.47. The van der Waals surface area contributed by atoms with Crippen LogP contribution in [0.15, 0.2) is 35.0 Å². The van der Waals surface area contributed by atoms with Gasteiger partial charge in [-0.2, -0.15) is 5.26 Å². The number of imidazole rings is 1. The Balaban J connectivity index is 2.19. The van der Waals surface area contributed by atoms with E-state index in [1.54, 1.807) is 18.3 Å². The van der Waals surface area contributed by atoms with E-state index in [9.17, 15) is 0 Å². The van der Waals surface area contributed by atoms with Crippen molar-refractivity contribution in [1.29, 1.82) is 5.26 Å². The van der Waals surface area contributed by atoms with Crippen LogP contribution in [0.5, 0.6) is 0 Å². The highest BCUT2D eigenvalue weighted by Crippen LogP contribution is 2.26. The maximum absolute atomic E-state index is 9.03. The lowest BCUT2D eigenvalue weighted by molar-refractivity contribution is 0.376. The van der Waals surface area contributed by atoms with Crippen molar-refractivity contribution in [1.82, 2.24) is 14.7 Å². The van der Waals surface area contributed by atoms with E-state index in [0.29, 0.717) is 17.9 Å². The third-order valence-corrected chi connectivity index (χ3v) is 3.26. The molecule has 1 aromatic carbocycles. The van der Waals surface area contributed by atoms with Crippen LogP contribution in [0.25, 0.3) is 11.0 Å². The minimum Gasteiger partial charge on any atom is -0.359 e. The predicted molar refractivity (Wildman–Crippen MR) is 74.3 cm³/mol. The van der Waals surface area contributed by atoms with Gasteiger partial charge in [-0.1, -0.05) is 5.16 Å². The first kappa shape index (κ1) is 12.7. The molecule has 0 aliphatic rings. The first-order valence-corrected chi connectivity index (χ1v) is 6.56. The molecule has 0 saturated carbocycles. The number of benzene rings is 1. The van der Waals surface area contributed by atoms with E-state index >= 15 is 0 Å². The van der Waals surface area contributed by atoms with Crippen LogP contribution in [0.4, 0.5) is 0 Å². The number of fused-ring (bicyclic) bond motifs is 1. The van der Waals surface area contributed by atoms with Crippen LogP contribution >= 0.6 is 11.6 Å². The fourth-order valence-corrected chi connectivity index (χ4v) is 2.33. The SMILES string of the molecule is CC(Cl)c1nc2ccc(C#N)cc2n1Cc1ccno1. The molecule has 0 radical (unpaired) electrons. The first-order valence-electron chi connectivity index (χ1n) is 6.13. The number of nitriles is 1. The molecule has 0 amide bonds. The molecule has 3 rings (SSSR count). The lowest BCUT2D eigenvalue weighted by atomic mass is 10.2. The molecule has 3 aromatic rings. The van der Waals surface area contributed by atoms with E-state index in [2.05, 4.69) is 16.2 Å². The molecule has 100 valence electrons. The fraction of sp³-hybridized carbons (Fsp3) is 0.214. The Morgan fingerprint density at radius 1 is 1.45 bits per heavy atom. The zero-order valence-corrected chi connectivity index (χ0v) is 11.5. The molecular formula is C14H11ClN4O. The van der Waals surface area contributed by atoms with Gasteiger partial charge >= 0.3 is 0 Å². The topological polar surface area (TPSA) is 67.6 Å². The van der Waals surface area contributed by atoms with Crippen molar-refractivity contribution in [2.75, 3.05) is 0 Å². The number of rotatable bonds is 3. The molecule has 1 atom stereocenters.